The first kappa shape index (κ1) is 25.6. The summed E-state index contributed by atoms with van der Waals surface area (Å²) in [7, 11) is -2.16. The lowest BCUT2D eigenvalue weighted by molar-refractivity contribution is 0.0600. The summed E-state index contributed by atoms with van der Waals surface area (Å²) in [5.41, 5.74) is 3.29. The number of nitrogens with one attached hydrogen (secondary N) is 1. The normalized spacial score (nSPS) is 14.8. The molecule has 3 aromatic carbocycles. The first-order valence-corrected chi connectivity index (χ1v) is 13.1. The van der Waals surface area contributed by atoms with Gasteiger partial charge >= 0.3 is 5.97 Å². The third-order valence-electron chi connectivity index (χ3n) is 6.24. The Bertz CT molecular complexity index is 1330. The van der Waals surface area contributed by atoms with E-state index in [2.05, 4.69) is 10.2 Å². The average Bonchev–Trinajstić information content (AvgIpc) is 2.90. The van der Waals surface area contributed by atoms with Gasteiger partial charge in [0, 0.05) is 44.0 Å². The lowest BCUT2D eigenvalue weighted by Gasteiger charge is -2.34. The molecule has 1 amide bonds. The van der Waals surface area contributed by atoms with Gasteiger partial charge < -0.3 is 10.1 Å². The fourth-order valence-corrected chi connectivity index (χ4v) is 5.53. The predicted molar refractivity (Wildman–Crippen MR) is 137 cm³/mol. The number of piperazine rings is 1. The van der Waals surface area contributed by atoms with E-state index in [0.29, 0.717) is 54.4 Å². The van der Waals surface area contributed by atoms with Crippen LogP contribution in [0.25, 0.3) is 0 Å². The molecule has 0 saturated carbocycles. The fraction of sp³-hybridized carbons (Fsp3) is 0.259. The van der Waals surface area contributed by atoms with E-state index in [9.17, 15) is 18.0 Å². The summed E-state index contributed by atoms with van der Waals surface area (Å²) >= 11 is 0. The molecule has 0 unspecified atom stereocenters. The van der Waals surface area contributed by atoms with E-state index < -0.39 is 16.0 Å². The van der Waals surface area contributed by atoms with Crippen LogP contribution in [0.15, 0.2) is 77.7 Å². The minimum Gasteiger partial charge on any atom is -0.465 e. The second kappa shape index (κ2) is 11.0. The van der Waals surface area contributed by atoms with Crippen LogP contribution in [0.3, 0.4) is 0 Å². The minimum absolute atomic E-state index is 0.272. The van der Waals surface area contributed by atoms with Gasteiger partial charge in [-0.3, -0.25) is 9.69 Å². The largest absolute Gasteiger partial charge is 0.465 e. The van der Waals surface area contributed by atoms with Gasteiger partial charge in [-0.15, -0.1) is 0 Å². The van der Waals surface area contributed by atoms with Crippen LogP contribution in [0.1, 0.15) is 31.8 Å². The number of carbonyl (C=O) groups excluding carboxylic acids is 2. The second-order valence-electron chi connectivity index (χ2n) is 8.67. The van der Waals surface area contributed by atoms with Crippen LogP contribution in [0.4, 0.5) is 5.69 Å². The molecule has 0 atom stereocenters. The number of benzene rings is 3. The summed E-state index contributed by atoms with van der Waals surface area (Å²) in [6.45, 7) is 4.64. The molecular weight excluding hydrogens is 478 g/mol. The minimum atomic E-state index is -3.48. The van der Waals surface area contributed by atoms with Gasteiger partial charge in [0.1, 0.15) is 0 Å². The predicted octanol–water partition coefficient (Wildman–Crippen LogP) is 3.54. The molecule has 1 aliphatic heterocycles. The molecule has 9 heteroatoms. The number of rotatable bonds is 7. The number of ether oxygens (including phenoxy) is 1. The van der Waals surface area contributed by atoms with E-state index in [1.165, 1.54) is 11.4 Å². The van der Waals surface area contributed by atoms with Gasteiger partial charge in [-0.25, -0.2) is 13.2 Å². The average molecular weight is 508 g/mol. The first-order valence-electron chi connectivity index (χ1n) is 11.6. The Morgan fingerprint density at radius 1 is 0.889 bits per heavy atom. The number of esters is 1. The molecule has 0 radical (unpaired) electrons. The van der Waals surface area contributed by atoms with E-state index in [0.717, 1.165) is 11.1 Å². The van der Waals surface area contributed by atoms with Crippen molar-refractivity contribution in [1.29, 1.82) is 0 Å². The summed E-state index contributed by atoms with van der Waals surface area (Å²) in [6.07, 6.45) is 0. The number of methoxy groups -OCH3 is 1. The molecule has 188 valence electrons. The smallest absolute Gasteiger partial charge is 0.337 e. The van der Waals surface area contributed by atoms with E-state index in [1.54, 1.807) is 60.7 Å². The summed E-state index contributed by atoms with van der Waals surface area (Å²) in [5, 5.41) is 2.86. The highest BCUT2D eigenvalue weighted by molar-refractivity contribution is 7.89. The van der Waals surface area contributed by atoms with Crippen LogP contribution in [0.2, 0.25) is 0 Å². The maximum absolute atomic E-state index is 12.8. The van der Waals surface area contributed by atoms with E-state index in [4.69, 9.17) is 4.74 Å². The molecular formula is C27H29N3O5S. The molecule has 4 rings (SSSR count). The zero-order valence-corrected chi connectivity index (χ0v) is 21.1. The topological polar surface area (TPSA) is 96.0 Å². The number of nitrogens with zero attached hydrogens (tertiary/aromatic N) is 2. The molecule has 1 N–H and O–H groups in total. The number of hydrogen-bond donors (Lipinski definition) is 1. The van der Waals surface area contributed by atoms with E-state index in [-0.39, 0.29) is 5.91 Å². The van der Waals surface area contributed by atoms with Gasteiger partial charge in [-0.1, -0.05) is 36.4 Å². The van der Waals surface area contributed by atoms with Gasteiger partial charge in [0.05, 0.1) is 17.6 Å². The quantitative estimate of drug-likeness (QED) is 0.492. The zero-order chi connectivity index (χ0) is 25.7. The summed E-state index contributed by atoms with van der Waals surface area (Å²) in [5.74, 6) is -0.736. The van der Waals surface area contributed by atoms with Crippen molar-refractivity contribution in [2.45, 2.75) is 18.4 Å². The summed E-state index contributed by atoms with van der Waals surface area (Å²) < 4.78 is 31.9. The molecule has 0 aliphatic carbocycles. The Balaban J connectivity index is 1.33. The molecule has 8 nitrogen and oxygen atoms in total. The highest BCUT2D eigenvalue weighted by Crippen LogP contribution is 2.20. The van der Waals surface area contributed by atoms with Gasteiger partial charge in [0.25, 0.3) is 5.91 Å². The SMILES string of the molecule is COC(=O)c1ccc(C)c(NC(=O)c2ccc(CN3CCN(S(=O)(=O)c4ccccc4)CC3)cc2)c1. The van der Waals surface area contributed by atoms with Crippen LogP contribution in [-0.2, 0) is 21.3 Å². The lowest BCUT2D eigenvalue weighted by atomic mass is 10.1. The monoisotopic (exact) mass is 507 g/mol. The van der Waals surface area contributed by atoms with Gasteiger partial charge in [-0.2, -0.15) is 4.31 Å². The highest BCUT2D eigenvalue weighted by Gasteiger charge is 2.28. The second-order valence-corrected chi connectivity index (χ2v) is 10.6. The molecule has 0 spiro atoms. The van der Waals surface area contributed by atoms with Crippen LogP contribution >= 0.6 is 0 Å². The fourth-order valence-electron chi connectivity index (χ4n) is 4.09. The van der Waals surface area contributed by atoms with Crippen molar-refractivity contribution < 1.29 is 22.7 Å². The molecule has 1 heterocycles. The van der Waals surface area contributed by atoms with Crippen molar-refractivity contribution in [3.8, 4) is 0 Å². The molecule has 1 fully saturated rings. The van der Waals surface area contributed by atoms with Crippen LogP contribution in [0, 0.1) is 6.92 Å². The van der Waals surface area contributed by atoms with Crippen molar-refractivity contribution in [2.24, 2.45) is 0 Å². The van der Waals surface area contributed by atoms with Gasteiger partial charge in [0.2, 0.25) is 10.0 Å². The van der Waals surface area contributed by atoms with Crippen LogP contribution < -0.4 is 5.32 Å². The third-order valence-corrected chi connectivity index (χ3v) is 8.15. The van der Waals surface area contributed by atoms with E-state index in [1.807, 2.05) is 19.1 Å². The number of anilines is 1. The van der Waals surface area contributed by atoms with Crippen molar-refractivity contribution in [3.05, 3.63) is 95.1 Å². The van der Waals surface area contributed by atoms with E-state index >= 15 is 0 Å². The third kappa shape index (κ3) is 5.81. The Morgan fingerprint density at radius 3 is 2.17 bits per heavy atom. The Morgan fingerprint density at radius 2 is 1.53 bits per heavy atom. The van der Waals surface area contributed by atoms with Crippen LogP contribution in [0.5, 0.6) is 0 Å². The van der Waals surface area contributed by atoms with Gasteiger partial charge in [0.15, 0.2) is 0 Å². The molecule has 0 aromatic heterocycles. The maximum Gasteiger partial charge on any atom is 0.337 e. The Hall–Kier alpha value is -3.53. The van der Waals surface area contributed by atoms with Gasteiger partial charge in [-0.05, 0) is 54.4 Å². The lowest BCUT2D eigenvalue weighted by Crippen LogP contribution is -2.48. The zero-order valence-electron chi connectivity index (χ0n) is 20.3. The molecule has 1 aliphatic rings. The number of carbonyl (C=O) groups is 2. The number of sulfonamides is 1. The molecule has 1 saturated heterocycles. The maximum atomic E-state index is 12.8. The van der Waals surface area contributed by atoms with Crippen molar-refractivity contribution >= 4 is 27.6 Å². The standard InChI is InChI=1S/C27H29N3O5S/c1-20-8-11-23(27(32)35-2)18-25(20)28-26(31)22-12-9-21(10-13-22)19-29-14-16-30(17-15-29)36(33,34)24-6-4-3-5-7-24/h3-13,18H,14-17,19H2,1-2H3,(H,28,31). The molecule has 36 heavy (non-hydrogen) atoms. The Kier molecular flexibility index (Phi) is 7.83. The summed E-state index contributed by atoms with van der Waals surface area (Å²) in [6, 6.07) is 20.9. The van der Waals surface area contributed by atoms with Crippen molar-refractivity contribution in [3.63, 3.8) is 0 Å². The van der Waals surface area contributed by atoms with Crippen molar-refractivity contribution in [2.75, 3.05) is 38.6 Å². The number of hydrogen-bond acceptors (Lipinski definition) is 6. The number of aryl methyl sites for hydroxylation is 1. The van der Waals surface area contributed by atoms with Crippen LogP contribution in [-0.4, -0.2) is 62.8 Å². The summed E-state index contributed by atoms with van der Waals surface area (Å²) in [4.78, 5) is 27.1. The number of amides is 1. The molecule has 0 bridgehead atoms. The molecule has 3 aromatic rings. The highest BCUT2D eigenvalue weighted by atomic mass is 32.2. The Labute approximate surface area is 211 Å². The first-order chi connectivity index (χ1) is 17.3. The van der Waals surface area contributed by atoms with Crippen molar-refractivity contribution in [1.82, 2.24) is 9.21 Å².